The van der Waals surface area contributed by atoms with E-state index >= 15 is 0 Å². The highest BCUT2D eigenvalue weighted by Crippen LogP contribution is 2.29. The van der Waals surface area contributed by atoms with Crippen LogP contribution in [0.2, 0.25) is 0 Å². The molecular weight excluding hydrogens is 350 g/mol. The van der Waals surface area contributed by atoms with Crippen LogP contribution in [-0.2, 0) is 6.54 Å². The monoisotopic (exact) mass is 369 g/mol. The van der Waals surface area contributed by atoms with Crippen molar-refractivity contribution in [2.24, 2.45) is 0 Å². The third-order valence-corrected chi connectivity index (χ3v) is 4.49. The van der Waals surface area contributed by atoms with Gasteiger partial charge in [0.15, 0.2) is 0 Å². The van der Waals surface area contributed by atoms with Crippen LogP contribution in [0.3, 0.4) is 0 Å². The first-order chi connectivity index (χ1) is 13.2. The number of likely N-dealkylation sites (tertiary alicyclic amines) is 1. The average Bonchev–Trinajstić information content (AvgIpc) is 3.32. The minimum absolute atomic E-state index is 0.0770. The quantitative estimate of drug-likeness (QED) is 0.628. The number of hydrogen-bond donors (Lipinski definition) is 0. The summed E-state index contributed by atoms with van der Waals surface area (Å²) in [5, 5.41) is 16.4. The zero-order valence-corrected chi connectivity index (χ0v) is 15.0. The van der Waals surface area contributed by atoms with Gasteiger partial charge in [-0.3, -0.25) is 4.79 Å². The zero-order valence-electron chi connectivity index (χ0n) is 15.0. The summed E-state index contributed by atoms with van der Waals surface area (Å²) >= 11 is 0. The van der Waals surface area contributed by atoms with Crippen molar-refractivity contribution in [3.8, 4) is 11.5 Å². The highest BCUT2D eigenvalue weighted by atomic mass is 16.5. The lowest BCUT2D eigenvalue weighted by molar-refractivity contribution is 0.0495. The maximum Gasteiger partial charge on any atom is 0.257 e. The van der Waals surface area contributed by atoms with Crippen molar-refractivity contribution in [3.05, 3.63) is 48.0 Å². The summed E-state index contributed by atoms with van der Waals surface area (Å²) in [5.41, 5.74) is 1.29. The Morgan fingerprint density at radius 3 is 2.67 bits per heavy atom. The zero-order chi connectivity index (χ0) is 18.8. The number of methoxy groups -OCH3 is 2. The van der Waals surface area contributed by atoms with Crippen LogP contribution in [0.5, 0.6) is 11.5 Å². The number of nitrogens with zero attached hydrogens (tertiary/aromatic N) is 7. The molecule has 1 aromatic carbocycles. The Kier molecular flexibility index (Phi) is 4.45. The van der Waals surface area contributed by atoms with Crippen molar-refractivity contribution in [1.82, 2.24) is 34.9 Å². The predicted molar refractivity (Wildman–Crippen MR) is 93.6 cm³/mol. The third kappa shape index (κ3) is 3.33. The third-order valence-electron chi connectivity index (χ3n) is 4.49. The number of aromatic nitrogens is 6. The van der Waals surface area contributed by atoms with E-state index in [0.29, 0.717) is 36.7 Å². The summed E-state index contributed by atoms with van der Waals surface area (Å²) in [4.78, 5) is 16.0. The van der Waals surface area contributed by atoms with Gasteiger partial charge in [-0.15, -0.1) is 5.10 Å². The van der Waals surface area contributed by atoms with Crippen molar-refractivity contribution in [2.45, 2.75) is 12.6 Å². The van der Waals surface area contributed by atoms with Crippen molar-refractivity contribution in [1.29, 1.82) is 0 Å². The van der Waals surface area contributed by atoms with Gasteiger partial charge in [-0.2, -0.15) is 15.0 Å². The topological polar surface area (TPSA) is 100 Å². The van der Waals surface area contributed by atoms with Crippen LogP contribution in [0.15, 0.2) is 36.8 Å². The molecule has 0 atom stereocenters. The number of carbonyl (C=O) groups is 1. The summed E-state index contributed by atoms with van der Waals surface area (Å²) in [6.45, 7) is 1.60. The van der Waals surface area contributed by atoms with E-state index in [0.717, 1.165) is 5.69 Å². The smallest absolute Gasteiger partial charge is 0.257 e. The normalized spacial score (nSPS) is 14.1. The van der Waals surface area contributed by atoms with Crippen LogP contribution < -0.4 is 9.47 Å². The highest BCUT2D eigenvalue weighted by Gasteiger charge is 2.34. The van der Waals surface area contributed by atoms with Crippen molar-refractivity contribution >= 4 is 5.91 Å². The fourth-order valence-corrected chi connectivity index (χ4v) is 2.97. The molecule has 0 saturated carbocycles. The Balaban J connectivity index is 1.39. The Bertz CT molecular complexity index is 932. The molecule has 27 heavy (non-hydrogen) atoms. The first-order valence-corrected chi connectivity index (χ1v) is 8.44. The van der Waals surface area contributed by atoms with Gasteiger partial charge in [-0.05, 0) is 12.1 Å². The van der Waals surface area contributed by atoms with Gasteiger partial charge >= 0.3 is 0 Å². The SMILES string of the molecule is COc1ccc(C(=O)N2CC(n3cc(Cn4nccn4)nn3)C2)c(OC)c1. The van der Waals surface area contributed by atoms with Crippen LogP contribution in [0, 0.1) is 0 Å². The molecule has 1 aliphatic heterocycles. The molecule has 10 heteroatoms. The number of ether oxygens (including phenoxy) is 2. The number of amides is 1. The lowest BCUT2D eigenvalue weighted by Gasteiger charge is -2.39. The van der Waals surface area contributed by atoms with E-state index in [1.165, 1.54) is 7.11 Å². The Morgan fingerprint density at radius 1 is 1.19 bits per heavy atom. The molecule has 2 aromatic heterocycles. The summed E-state index contributed by atoms with van der Waals surface area (Å²) < 4.78 is 12.3. The summed E-state index contributed by atoms with van der Waals surface area (Å²) in [5.74, 6) is 1.07. The molecule has 0 unspecified atom stereocenters. The molecule has 3 heterocycles. The second-order valence-corrected chi connectivity index (χ2v) is 6.18. The molecule has 0 radical (unpaired) electrons. The van der Waals surface area contributed by atoms with E-state index in [4.69, 9.17) is 9.47 Å². The number of hydrogen-bond acceptors (Lipinski definition) is 7. The second-order valence-electron chi connectivity index (χ2n) is 6.18. The first kappa shape index (κ1) is 17.0. The van der Waals surface area contributed by atoms with Crippen molar-refractivity contribution in [2.75, 3.05) is 27.3 Å². The fraction of sp³-hybridized carbons (Fsp3) is 0.353. The minimum Gasteiger partial charge on any atom is -0.497 e. The molecule has 1 fully saturated rings. The van der Waals surface area contributed by atoms with Crippen LogP contribution in [0.4, 0.5) is 0 Å². The Morgan fingerprint density at radius 2 is 1.96 bits per heavy atom. The Hall–Kier alpha value is -3.43. The second kappa shape index (κ2) is 7.06. The van der Waals surface area contributed by atoms with Gasteiger partial charge in [0, 0.05) is 19.2 Å². The Labute approximate surface area is 155 Å². The van der Waals surface area contributed by atoms with Gasteiger partial charge in [-0.1, -0.05) is 5.21 Å². The van der Waals surface area contributed by atoms with Gasteiger partial charge in [0.05, 0.1) is 44.4 Å². The predicted octanol–water partition coefficient (Wildman–Crippen LogP) is 0.632. The summed E-state index contributed by atoms with van der Waals surface area (Å²) in [7, 11) is 3.11. The van der Waals surface area contributed by atoms with Gasteiger partial charge in [0.1, 0.15) is 23.7 Å². The van der Waals surface area contributed by atoms with Crippen LogP contribution in [0.1, 0.15) is 22.1 Å². The molecule has 0 spiro atoms. The van der Waals surface area contributed by atoms with E-state index in [2.05, 4.69) is 20.5 Å². The first-order valence-electron chi connectivity index (χ1n) is 8.44. The molecule has 140 valence electrons. The fourth-order valence-electron chi connectivity index (χ4n) is 2.97. The number of benzene rings is 1. The van der Waals surface area contributed by atoms with Crippen molar-refractivity contribution in [3.63, 3.8) is 0 Å². The van der Waals surface area contributed by atoms with E-state index in [9.17, 15) is 4.79 Å². The van der Waals surface area contributed by atoms with Gasteiger partial charge in [0.2, 0.25) is 0 Å². The maximum absolute atomic E-state index is 12.7. The van der Waals surface area contributed by atoms with E-state index in [1.807, 2.05) is 6.20 Å². The maximum atomic E-state index is 12.7. The van der Waals surface area contributed by atoms with Gasteiger partial charge in [0.25, 0.3) is 5.91 Å². The molecule has 0 aliphatic carbocycles. The largest absolute Gasteiger partial charge is 0.497 e. The number of carbonyl (C=O) groups excluding carboxylic acids is 1. The van der Waals surface area contributed by atoms with Gasteiger partial charge < -0.3 is 14.4 Å². The number of rotatable bonds is 6. The van der Waals surface area contributed by atoms with Crippen LogP contribution in [-0.4, -0.2) is 68.1 Å². The van der Waals surface area contributed by atoms with E-state index in [-0.39, 0.29) is 11.9 Å². The molecule has 1 aliphatic rings. The van der Waals surface area contributed by atoms with Crippen molar-refractivity contribution < 1.29 is 14.3 Å². The molecule has 1 saturated heterocycles. The highest BCUT2D eigenvalue weighted by molar-refractivity contribution is 5.97. The molecule has 3 aromatic rings. The van der Waals surface area contributed by atoms with Crippen LogP contribution >= 0.6 is 0 Å². The molecule has 0 N–H and O–H groups in total. The van der Waals surface area contributed by atoms with E-state index in [1.54, 1.807) is 52.1 Å². The molecule has 0 bridgehead atoms. The summed E-state index contributed by atoms with van der Waals surface area (Å²) in [6, 6.07) is 5.28. The van der Waals surface area contributed by atoms with E-state index < -0.39 is 0 Å². The average molecular weight is 369 g/mol. The summed E-state index contributed by atoms with van der Waals surface area (Å²) in [6.07, 6.45) is 5.10. The standard InChI is InChI=1S/C17H19N7O3/c1-26-14-3-4-15(16(7-14)27-2)17(25)22-10-13(11-22)23-8-12(20-21-23)9-24-18-5-6-19-24/h3-8,13H,9-11H2,1-2H3. The lowest BCUT2D eigenvalue weighted by atomic mass is 10.1. The molecule has 10 nitrogen and oxygen atoms in total. The van der Waals surface area contributed by atoms with Crippen LogP contribution in [0.25, 0.3) is 0 Å². The molecule has 4 rings (SSSR count). The molecule has 1 amide bonds. The lowest BCUT2D eigenvalue weighted by Crippen LogP contribution is -2.51. The van der Waals surface area contributed by atoms with Gasteiger partial charge in [-0.25, -0.2) is 4.68 Å². The molecular formula is C17H19N7O3. The minimum atomic E-state index is -0.0770.